The Morgan fingerprint density at radius 1 is 0.917 bits per heavy atom. The van der Waals surface area contributed by atoms with Gasteiger partial charge >= 0.3 is 0 Å². The summed E-state index contributed by atoms with van der Waals surface area (Å²) in [5.74, 6) is 0.0232. The first-order valence-electron chi connectivity index (χ1n) is 8.44. The van der Waals surface area contributed by atoms with Crippen LogP contribution in [-0.4, -0.2) is 33.0 Å². The molecule has 1 atom stereocenters. The van der Waals surface area contributed by atoms with Gasteiger partial charge in [-0.3, -0.25) is 4.90 Å². The molecule has 0 aromatic heterocycles. The Hall–Kier alpha value is -1.69. The Balaban J connectivity index is 1.69. The van der Waals surface area contributed by atoms with Gasteiger partial charge in [0.25, 0.3) is 0 Å². The van der Waals surface area contributed by atoms with E-state index in [-0.39, 0.29) is 11.8 Å². The van der Waals surface area contributed by atoms with Crippen LogP contribution in [0.1, 0.15) is 30.0 Å². The summed E-state index contributed by atoms with van der Waals surface area (Å²) < 4.78 is 27.7. The van der Waals surface area contributed by atoms with Crippen LogP contribution >= 0.6 is 0 Å². The van der Waals surface area contributed by atoms with Crippen molar-refractivity contribution in [2.45, 2.75) is 24.6 Å². The highest BCUT2D eigenvalue weighted by Gasteiger charge is 2.25. The molecule has 0 spiro atoms. The molecule has 0 amide bonds. The third kappa shape index (κ3) is 4.66. The summed E-state index contributed by atoms with van der Waals surface area (Å²) in [7, 11) is -3.34. The Kier molecular flexibility index (Phi) is 5.66. The summed E-state index contributed by atoms with van der Waals surface area (Å²) in [4.78, 5) is 2.38. The smallest absolute Gasteiger partial charge is 0.215 e. The molecule has 3 rings (SSSR count). The van der Waals surface area contributed by atoms with Gasteiger partial charge in [0.1, 0.15) is 0 Å². The highest BCUT2D eigenvalue weighted by Crippen LogP contribution is 2.24. The molecule has 1 heterocycles. The van der Waals surface area contributed by atoms with Crippen molar-refractivity contribution in [3.63, 3.8) is 0 Å². The van der Waals surface area contributed by atoms with E-state index in [1.165, 1.54) is 18.4 Å². The van der Waals surface area contributed by atoms with E-state index in [0.717, 1.165) is 18.7 Å². The highest BCUT2D eigenvalue weighted by atomic mass is 32.2. The quantitative estimate of drug-likeness (QED) is 0.840. The maximum atomic E-state index is 12.4. The highest BCUT2D eigenvalue weighted by molar-refractivity contribution is 7.88. The van der Waals surface area contributed by atoms with Gasteiger partial charge in [-0.25, -0.2) is 13.1 Å². The first-order valence-corrected chi connectivity index (χ1v) is 10.1. The van der Waals surface area contributed by atoms with Gasteiger partial charge in [-0.05, 0) is 37.1 Å². The van der Waals surface area contributed by atoms with Gasteiger partial charge in [0.2, 0.25) is 10.0 Å². The Labute approximate surface area is 144 Å². The zero-order valence-corrected chi connectivity index (χ0v) is 14.6. The topological polar surface area (TPSA) is 49.4 Å². The third-order valence-electron chi connectivity index (χ3n) is 4.46. The van der Waals surface area contributed by atoms with Crippen molar-refractivity contribution < 1.29 is 8.42 Å². The Morgan fingerprint density at radius 3 is 2.12 bits per heavy atom. The van der Waals surface area contributed by atoms with E-state index in [1.54, 1.807) is 0 Å². The second-order valence-corrected chi connectivity index (χ2v) is 8.07. The summed E-state index contributed by atoms with van der Waals surface area (Å²) in [6.07, 6.45) is 2.36. The average Bonchev–Trinajstić information content (AvgIpc) is 3.11. The number of likely N-dealkylation sites (tertiary alicyclic amines) is 1. The molecule has 0 aliphatic carbocycles. The van der Waals surface area contributed by atoms with Gasteiger partial charge in [0.15, 0.2) is 0 Å². The van der Waals surface area contributed by atoms with E-state index >= 15 is 0 Å². The zero-order valence-electron chi connectivity index (χ0n) is 13.8. The van der Waals surface area contributed by atoms with Gasteiger partial charge < -0.3 is 0 Å². The maximum Gasteiger partial charge on any atom is 0.215 e. The largest absolute Gasteiger partial charge is 0.295 e. The molecule has 0 radical (unpaired) electrons. The van der Waals surface area contributed by atoms with Crippen LogP contribution in [0.25, 0.3) is 0 Å². The van der Waals surface area contributed by atoms with Crippen LogP contribution in [0.3, 0.4) is 0 Å². The van der Waals surface area contributed by atoms with Crippen molar-refractivity contribution in [2.75, 3.05) is 19.6 Å². The van der Waals surface area contributed by atoms with Crippen LogP contribution in [0.15, 0.2) is 60.7 Å². The molecule has 2 aromatic carbocycles. The minimum Gasteiger partial charge on any atom is -0.295 e. The molecule has 1 unspecified atom stereocenters. The van der Waals surface area contributed by atoms with Crippen LogP contribution in [0, 0.1) is 0 Å². The molecule has 5 heteroatoms. The second-order valence-electron chi connectivity index (χ2n) is 6.26. The van der Waals surface area contributed by atoms with Crippen LogP contribution in [0.2, 0.25) is 0 Å². The lowest BCUT2D eigenvalue weighted by Crippen LogP contribution is -2.37. The summed E-state index contributed by atoms with van der Waals surface area (Å²) in [5.41, 5.74) is 1.98. The number of hydrogen-bond donors (Lipinski definition) is 1. The lowest BCUT2D eigenvalue weighted by atomic mass is 10.1. The third-order valence-corrected chi connectivity index (χ3v) is 5.78. The Morgan fingerprint density at radius 2 is 1.50 bits per heavy atom. The molecule has 0 saturated carbocycles. The molecule has 1 aliphatic rings. The van der Waals surface area contributed by atoms with E-state index < -0.39 is 10.0 Å². The zero-order chi connectivity index (χ0) is 16.8. The van der Waals surface area contributed by atoms with E-state index in [9.17, 15) is 8.42 Å². The van der Waals surface area contributed by atoms with Crippen LogP contribution < -0.4 is 4.72 Å². The van der Waals surface area contributed by atoms with Gasteiger partial charge in [0.05, 0.1) is 5.75 Å². The molecular formula is C19H24N2O2S. The summed E-state index contributed by atoms with van der Waals surface area (Å²) in [6.45, 7) is 2.47. The van der Waals surface area contributed by atoms with Crippen LogP contribution in [0.4, 0.5) is 0 Å². The minimum atomic E-state index is -3.34. The van der Waals surface area contributed by atoms with E-state index in [0.29, 0.717) is 6.54 Å². The molecule has 1 N–H and O–H groups in total. The van der Waals surface area contributed by atoms with E-state index in [2.05, 4.69) is 21.8 Å². The number of nitrogens with zero attached hydrogens (tertiary/aromatic N) is 1. The SMILES string of the molecule is O=S(=O)(Cc1ccccc1)NCC(c1ccccc1)N1CCCC1. The number of hydrogen-bond acceptors (Lipinski definition) is 3. The van der Waals surface area contributed by atoms with Crippen molar-refractivity contribution in [1.82, 2.24) is 9.62 Å². The van der Waals surface area contributed by atoms with E-state index in [1.807, 2.05) is 48.5 Å². The number of benzene rings is 2. The number of sulfonamides is 1. The molecule has 24 heavy (non-hydrogen) atoms. The summed E-state index contributed by atoms with van der Waals surface area (Å²) in [5, 5.41) is 0. The fraction of sp³-hybridized carbons (Fsp3) is 0.368. The predicted molar refractivity (Wildman–Crippen MR) is 97.1 cm³/mol. The monoisotopic (exact) mass is 344 g/mol. The Bertz CT molecular complexity index is 726. The fourth-order valence-corrected chi connectivity index (χ4v) is 4.38. The lowest BCUT2D eigenvalue weighted by Gasteiger charge is -2.28. The van der Waals surface area contributed by atoms with Gasteiger partial charge in [-0.2, -0.15) is 0 Å². The van der Waals surface area contributed by atoms with Crippen LogP contribution in [-0.2, 0) is 15.8 Å². The number of nitrogens with one attached hydrogen (secondary N) is 1. The van der Waals surface area contributed by atoms with E-state index in [4.69, 9.17) is 0 Å². The standard InChI is InChI=1S/C19H24N2O2S/c22-24(23,16-17-9-3-1-4-10-17)20-15-19(21-13-7-8-14-21)18-11-5-2-6-12-18/h1-6,9-12,19-20H,7-8,13-16H2. The van der Waals surface area contributed by atoms with Crippen molar-refractivity contribution >= 4 is 10.0 Å². The lowest BCUT2D eigenvalue weighted by molar-refractivity contribution is 0.246. The summed E-state index contributed by atoms with van der Waals surface area (Å²) in [6, 6.07) is 19.6. The fourth-order valence-electron chi connectivity index (χ4n) is 3.24. The van der Waals surface area contributed by atoms with Crippen LogP contribution in [0.5, 0.6) is 0 Å². The number of rotatable bonds is 7. The van der Waals surface area contributed by atoms with Crippen molar-refractivity contribution in [3.05, 3.63) is 71.8 Å². The second kappa shape index (κ2) is 7.92. The van der Waals surface area contributed by atoms with Gasteiger partial charge in [0, 0.05) is 12.6 Å². The molecule has 4 nitrogen and oxygen atoms in total. The minimum absolute atomic E-state index is 0.0232. The van der Waals surface area contributed by atoms with Crippen molar-refractivity contribution in [1.29, 1.82) is 0 Å². The van der Waals surface area contributed by atoms with Crippen molar-refractivity contribution in [3.8, 4) is 0 Å². The van der Waals surface area contributed by atoms with Gasteiger partial charge in [-0.1, -0.05) is 60.7 Å². The normalized spacial score (nSPS) is 17.0. The first-order chi connectivity index (χ1) is 11.6. The van der Waals surface area contributed by atoms with Crippen molar-refractivity contribution in [2.24, 2.45) is 0 Å². The predicted octanol–water partition coefficient (Wildman–Crippen LogP) is 2.94. The molecule has 1 saturated heterocycles. The molecule has 2 aromatic rings. The first kappa shape index (κ1) is 17.1. The molecule has 1 fully saturated rings. The maximum absolute atomic E-state index is 12.4. The molecular weight excluding hydrogens is 320 g/mol. The summed E-state index contributed by atoms with van der Waals surface area (Å²) >= 11 is 0. The molecule has 0 bridgehead atoms. The molecule has 1 aliphatic heterocycles. The molecule has 128 valence electrons. The van der Waals surface area contributed by atoms with Gasteiger partial charge in [-0.15, -0.1) is 0 Å². The average molecular weight is 344 g/mol.